The lowest BCUT2D eigenvalue weighted by atomic mass is 10.0. The topological polar surface area (TPSA) is 58.2 Å². The van der Waals surface area contributed by atoms with E-state index in [-0.39, 0.29) is 23.3 Å². The van der Waals surface area contributed by atoms with Crippen LogP contribution in [0, 0.1) is 3.57 Å². The minimum atomic E-state index is -0.110. The lowest BCUT2D eigenvalue weighted by Gasteiger charge is -2.14. The van der Waals surface area contributed by atoms with Crippen LogP contribution >= 0.6 is 34.4 Å². The number of hydrogen-bond acceptors (Lipinski definition) is 3. The van der Waals surface area contributed by atoms with Gasteiger partial charge < -0.3 is 10.6 Å². The molecule has 0 aromatic heterocycles. The maximum Gasteiger partial charge on any atom is 0.234 e. The van der Waals surface area contributed by atoms with Crippen LogP contribution in [0.1, 0.15) is 25.3 Å². The van der Waals surface area contributed by atoms with E-state index in [2.05, 4.69) is 53.1 Å². The largest absolute Gasteiger partial charge is 0.325 e. The first-order valence-electron chi connectivity index (χ1n) is 7.97. The van der Waals surface area contributed by atoms with Crippen molar-refractivity contribution in [1.82, 2.24) is 0 Å². The van der Waals surface area contributed by atoms with E-state index < -0.39 is 0 Å². The molecule has 25 heavy (non-hydrogen) atoms. The summed E-state index contributed by atoms with van der Waals surface area (Å²) in [6, 6.07) is 15.3. The molecule has 0 fully saturated rings. The van der Waals surface area contributed by atoms with Gasteiger partial charge in [-0.2, -0.15) is 0 Å². The van der Waals surface area contributed by atoms with Crippen molar-refractivity contribution in [3.8, 4) is 0 Å². The summed E-state index contributed by atoms with van der Waals surface area (Å²) in [6.45, 7) is 4.20. The van der Waals surface area contributed by atoms with Gasteiger partial charge in [-0.25, -0.2) is 0 Å². The van der Waals surface area contributed by atoms with Crippen LogP contribution in [0.4, 0.5) is 11.4 Å². The maximum absolute atomic E-state index is 12.1. The monoisotopic (exact) mass is 468 g/mol. The van der Waals surface area contributed by atoms with Crippen LogP contribution in [-0.4, -0.2) is 23.3 Å². The van der Waals surface area contributed by atoms with Crippen molar-refractivity contribution in [2.45, 2.75) is 19.8 Å². The molecule has 0 unspecified atom stereocenters. The van der Waals surface area contributed by atoms with Crippen LogP contribution in [0.5, 0.6) is 0 Å². The Kier molecular flexibility index (Phi) is 7.77. The summed E-state index contributed by atoms with van der Waals surface area (Å²) >= 11 is 3.57. The standard InChI is InChI=1S/C19H21IN2O2S/c1-13(2)16-10-14(20)8-9-17(16)22-19(24)12-25-11-18(23)21-15-6-4-3-5-7-15/h3-10,13H,11-12H2,1-2H3,(H,21,23)(H,22,24). The van der Waals surface area contributed by atoms with Gasteiger partial charge in [-0.1, -0.05) is 32.0 Å². The number of carbonyl (C=O) groups is 2. The van der Waals surface area contributed by atoms with Crippen molar-refractivity contribution in [2.24, 2.45) is 0 Å². The van der Waals surface area contributed by atoms with Gasteiger partial charge in [0.05, 0.1) is 11.5 Å². The van der Waals surface area contributed by atoms with Crippen molar-refractivity contribution < 1.29 is 9.59 Å². The van der Waals surface area contributed by atoms with Crippen molar-refractivity contribution in [1.29, 1.82) is 0 Å². The van der Waals surface area contributed by atoms with Crippen LogP contribution in [0.15, 0.2) is 48.5 Å². The van der Waals surface area contributed by atoms with Crippen LogP contribution in [0.3, 0.4) is 0 Å². The predicted molar refractivity (Wildman–Crippen MR) is 114 cm³/mol. The molecule has 0 bridgehead atoms. The second-order valence-corrected chi connectivity index (χ2v) is 8.07. The molecule has 0 radical (unpaired) electrons. The lowest BCUT2D eigenvalue weighted by Crippen LogP contribution is -2.19. The van der Waals surface area contributed by atoms with E-state index in [0.29, 0.717) is 5.92 Å². The average Bonchev–Trinajstić information content (AvgIpc) is 2.57. The molecule has 0 saturated carbocycles. The first-order chi connectivity index (χ1) is 12.0. The molecule has 0 aliphatic rings. The summed E-state index contributed by atoms with van der Waals surface area (Å²) in [6.07, 6.45) is 0. The zero-order valence-corrected chi connectivity index (χ0v) is 17.2. The number of para-hydroxylation sites is 1. The van der Waals surface area contributed by atoms with Crippen LogP contribution in [0.2, 0.25) is 0 Å². The molecule has 2 N–H and O–H groups in total. The van der Waals surface area contributed by atoms with Gasteiger partial charge >= 0.3 is 0 Å². The van der Waals surface area contributed by atoms with Gasteiger partial charge in [0.2, 0.25) is 11.8 Å². The number of carbonyl (C=O) groups excluding carboxylic acids is 2. The van der Waals surface area contributed by atoms with Gasteiger partial charge in [0, 0.05) is 14.9 Å². The summed E-state index contributed by atoms with van der Waals surface area (Å²) in [7, 11) is 0. The number of amides is 2. The van der Waals surface area contributed by atoms with E-state index in [1.165, 1.54) is 11.8 Å². The van der Waals surface area contributed by atoms with Gasteiger partial charge in [0.25, 0.3) is 0 Å². The summed E-state index contributed by atoms with van der Waals surface area (Å²) < 4.78 is 1.14. The van der Waals surface area contributed by atoms with Crippen molar-refractivity contribution >= 4 is 57.5 Å². The molecule has 4 nitrogen and oxygen atoms in total. The van der Waals surface area contributed by atoms with Gasteiger partial charge in [-0.15, -0.1) is 11.8 Å². The summed E-state index contributed by atoms with van der Waals surface area (Å²) in [5.74, 6) is 0.605. The molecule has 2 aromatic rings. The third-order valence-corrected chi connectivity index (χ3v) is 5.04. The smallest absolute Gasteiger partial charge is 0.234 e. The van der Waals surface area contributed by atoms with Gasteiger partial charge in [-0.05, 0) is 64.4 Å². The molecule has 6 heteroatoms. The summed E-state index contributed by atoms with van der Waals surface area (Å²) in [5.41, 5.74) is 2.72. The second-order valence-electron chi connectivity index (χ2n) is 5.84. The highest BCUT2D eigenvalue weighted by molar-refractivity contribution is 14.1. The third-order valence-electron chi connectivity index (χ3n) is 3.43. The SMILES string of the molecule is CC(C)c1cc(I)ccc1NC(=O)CSCC(=O)Nc1ccccc1. The fourth-order valence-electron chi connectivity index (χ4n) is 2.27. The van der Waals surface area contributed by atoms with Crippen molar-refractivity contribution in [3.63, 3.8) is 0 Å². The molecule has 2 aromatic carbocycles. The molecular formula is C19H21IN2O2S. The molecule has 0 aliphatic heterocycles. The normalized spacial score (nSPS) is 10.6. The Morgan fingerprint density at radius 3 is 2.28 bits per heavy atom. The minimum absolute atomic E-state index is 0.0966. The molecule has 0 spiro atoms. The minimum Gasteiger partial charge on any atom is -0.325 e. The number of anilines is 2. The number of benzene rings is 2. The van der Waals surface area contributed by atoms with Crippen LogP contribution in [0.25, 0.3) is 0 Å². The Balaban J connectivity index is 1.80. The summed E-state index contributed by atoms with van der Waals surface area (Å²) in [4.78, 5) is 24.0. The molecule has 132 valence electrons. The highest BCUT2D eigenvalue weighted by Gasteiger charge is 2.11. The van der Waals surface area contributed by atoms with Crippen molar-refractivity contribution in [2.75, 3.05) is 22.1 Å². The highest BCUT2D eigenvalue weighted by Crippen LogP contribution is 2.26. The number of hydrogen-bond donors (Lipinski definition) is 2. The highest BCUT2D eigenvalue weighted by atomic mass is 127. The second kappa shape index (κ2) is 9.82. The quantitative estimate of drug-likeness (QED) is 0.578. The third kappa shape index (κ3) is 6.70. The van der Waals surface area contributed by atoms with E-state index in [1.807, 2.05) is 42.5 Å². The van der Waals surface area contributed by atoms with E-state index in [9.17, 15) is 9.59 Å². The fourth-order valence-corrected chi connectivity index (χ4v) is 3.40. The van der Waals surface area contributed by atoms with Crippen LogP contribution < -0.4 is 10.6 Å². The molecule has 2 rings (SSSR count). The number of nitrogens with one attached hydrogen (secondary N) is 2. The van der Waals surface area contributed by atoms with E-state index in [1.54, 1.807) is 0 Å². The first-order valence-corrected chi connectivity index (χ1v) is 10.2. The molecule has 0 atom stereocenters. The number of thioether (sulfide) groups is 1. The first kappa shape index (κ1) is 19.8. The average molecular weight is 468 g/mol. The Hall–Kier alpha value is -1.54. The van der Waals surface area contributed by atoms with Gasteiger partial charge in [0.1, 0.15) is 0 Å². The van der Waals surface area contributed by atoms with Gasteiger partial charge in [-0.3, -0.25) is 9.59 Å². The number of halogens is 1. The van der Waals surface area contributed by atoms with E-state index >= 15 is 0 Å². The Morgan fingerprint density at radius 1 is 1.00 bits per heavy atom. The molecule has 2 amide bonds. The predicted octanol–water partition coefficient (Wildman–Crippen LogP) is 4.73. The Morgan fingerprint density at radius 2 is 1.64 bits per heavy atom. The van der Waals surface area contributed by atoms with Crippen LogP contribution in [-0.2, 0) is 9.59 Å². The zero-order chi connectivity index (χ0) is 18.2. The molecule has 0 saturated heterocycles. The Labute approximate surface area is 166 Å². The lowest BCUT2D eigenvalue weighted by molar-refractivity contribution is -0.114. The summed E-state index contributed by atoms with van der Waals surface area (Å²) in [5, 5.41) is 5.75. The number of rotatable bonds is 7. The molecule has 0 heterocycles. The Bertz CT molecular complexity index is 735. The molecular weight excluding hydrogens is 447 g/mol. The zero-order valence-electron chi connectivity index (χ0n) is 14.2. The molecule has 0 aliphatic carbocycles. The van der Waals surface area contributed by atoms with E-state index in [4.69, 9.17) is 0 Å². The van der Waals surface area contributed by atoms with Gasteiger partial charge in [0.15, 0.2) is 0 Å². The van der Waals surface area contributed by atoms with E-state index in [0.717, 1.165) is 20.5 Å². The maximum atomic E-state index is 12.1. The fraction of sp³-hybridized carbons (Fsp3) is 0.263. The van der Waals surface area contributed by atoms with Crippen molar-refractivity contribution in [3.05, 3.63) is 57.7 Å².